The molecule has 1 aliphatic rings. The zero-order valence-corrected chi connectivity index (χ0v) is 12.9. The molecule has 2 rings (SSSR count). The van der Waals surface area contributed by atoms with Crippen LogP contribution in [0.25, 0.3) is 0 Å². The molecule has 0 amide bonds. The first-order valence-electron chi connectivity index (χ1n) is 6.51. The van der Waals surface area contributed by atoms with Crippen LogP contribution in [0.4, 0.5) is 5.13 Å². The van der Waals surface area contributed by atoms with Crippen LogP contribution in [-0.2, 0) is 6.54 Å². The SMILES string of the molecule is CNCc1sc(N2CCN(C)C(C)(C)C2)nc1C. The summed E-state index contributed by atoms with van der Waals surface area (Å²) in [5.41, 5.74) is 1.39. The van der Waals surface area contributed by atoms with E-state index in [0.29, 0.717) is 0 Å². The van der Waals surface area contributed by atoms with Gasteiger partial charge in [-0.25, -0.2) is 4.98 Å². The molecule has 0 radical (unpaired) electrons. The van der Waals surface area contributed by atoms with E-state index in [1.54, 1.807) is 0 Å². The zero-order valence-electron chi connectivity index (χ0n) is 12.1. The number of nitrogens with one attached hydrogen (secondary N) is 1. The molecule has 0 atom stereocenters. The Bertz CT molecular complexity index is 413. The molecule has 5 heteroatoms. The number of anilines is 1. The summed E-state index contributed by atoms with van der Waals surface area (Å²) in [7, 11) is 4.19. The molecule has 102 valence electrons. The van der Waals surface area contributed by atoms with Gasteiger partial charge in [-0.05, 0) is 34.9 Å². The summed E-state index contributed by atoms with van der Waals surface area (Å²) >= 11 is 1.83. The largest absolute Gasteiger partial charge is 0.345 e. The molecule has 4 nitrogen and oxygen atoms in total. The van der Waals surface area contributed by atoms with Crippen molar-refractivity contribution in [2.24, 2.45) is 0 Å². The van der Waals surface area contributed by atoms with E-state index >= 15 is 0 Å². The maximum absolute atomic E-state index is 4.73. The minimum Gasteiger partial charge on any atom is -0.345 e. The maximum atomic E-state index is 4.73. The van der Waals surface area contributed by atoms with Crippen LogP contribution in [0.15, 0.2) is 0 Å². The highest BCUT2D eigenvalue weighted by Gasteiger charge is 2.32. The topological polar surface area (TPSA) is 31.4 Å². The van der Waals surface area contributed by atoms with Gasteiger partial charge in [0.25, 0.3) is 0 Å². The van der Waals surface area contributed by atoms with Crippen molar-refractivity contribution in [1.29, 1.82) is 0 Å². The van der Waals surface area contributed by atoms with Crippen LogP contribution in [0.2, 0.25) is 0 Å². The molecule has 1 N–H and O–H groups in total. The number of likely N-dealkylation sites (N-methyl/N-ethyl adjacent to an activating group) is 1. The third-order valence-electron chi connectivity index (χ3n) is 3.81. The summed E-state index contributed by atoms with van der Waals surface area (Å²) < 4.78 is 0. The number of hydrogen-bond acceptors (Lipinski definition) is 5. The van der Waals surface area contributed by atoms with E-state index < -0.39 is 0 Å². The molecule has 1 saturated heterocycles. The van der Waals surface area contributed by atoms with Crippen LogP contribution in [0.5, 0.6) is 0 Å². The molecule has 0 bridgehead atoms. The van der Waals surface area contributed by atoms with E-state index in [-0.39, 0.29) is 5.54 Å². The van der Waals surface area contributed by atoms with E-state index in [0.717, 1.165) is 26.2 Å². The molecule has 0 spiro atoms. The lowest BCUT2D eigenvalue weighted by Crippen LogP contribution is -2.57. The Labute approximate surface area is 114 Å². The lowest BCUT2D eigenvalue weighted by Gasteiger charge is -2.45. The molecular formula is C13H24N4S. The van der Waals surface area contributed by atoms with Crippen LogP contribution in [0, 0.1) is 6.92 Å². The lowest BCUT2D eigenvalue weighted by molar-refractivity contribution is 0.139. The molecule has 0 aliphatic carbocycles. The highest BCUT2D eigenvalue weighted by Crippen LogP contribution is 2.30. The number of aryl methyl sites for hydroxylation is 1. The van der Waals surface area contributed by atoms with Gasteiger partial charge in [0, 0.05) is 36.6 Å². The van der Waals surface area contributed by atoms with Gasteiger partial charge in [-0.2, -0.15) is 0 Å². The van der Waals surface area contributed by atoms with Gasteiger partial charge in [-0.15, -0.1) is 11.3 Å². The van der Waals surface area contributed by atoms with Gasteiger partial charge in [0.15, 0.2) is 5.13 Å². The van der Waals surface area contributed by atoms with Gasteiger partial charge in [0.1, 0.15) is 0 Å². The predicted molar refractivity (Wildman–Crippen MR) is 78.5 cm³/mol. The van der Waals surface area contributed by atoms with Gasteiger partial charge >= 0.3 is 0 Å². The molecule has 1 aromatic heterocycles. The van der Waals surface area contributed by atoms with Crippen LogP contribution in [0.1, 0.15) is 24.4 Å². The Morgan fingerprint density at radius 1 is 1.39 bits per heavy atom. The molecule has 0 saturated carbocycles. The molecule has 18 heavy (non-hydrogen) atoms. The van der Waals surface area contributed by atoms with Crippen molar-refractivity contribution in [2.75, 3.05) is 38.6 Å². The molecule has 1 fully saturated rings. The van der Waals surface area contributed by atoms with Gasteiger partial charge in [-0.3, -0.25) is 4.90 Å². The lowest BCUT2D eigenvalue weighted by atomic mass is 10.0. The third kappa shape index (κ3) is 2.68. The molecular weight excluding hydrogens is 244 g/mol. The normalized spacial score (nSPS) is 20.4. The Hall–Kier alpha value is -0.650. The van der Waals surface area contributed by atoms with E-state index in [1.165, 1.54) is 15.7 Å². The van der Waals surface area contributed by atoms with Crippen LogP contribution >= 0.6 is 11.3 Å². The second-order valence-corrected chi connectivity index (χ2v) is 6.75. The van der Waals surface area contributed by atoms with Crippen molar-refractivity contribution in [2.45, 2.75) is 32.9 Å². The fourth-order valence-corrected chi connectivity index (χ4v) is 3.37. The maximum Gasteiger partial charge on any atom is 0.185 e. The van der Waals surface area contributed by atoms with E-state index in [2.05, 4.69) is 42.9 Å². The number of hydrogen-bond donors (Lipinski definition) is 1. The summed E-state index contributed by atoms with van der Waals surface area (Å²) in [5, 5.41) is 4.39. The van der Waals surface area contributed by atoms with E-state index in [9.17, 15) is 0 Å². The quantitative estimate of drug-likeness (QED) is 0.904. The standard InChI is InChI=1S/C13H24N4S/c1-10-11(8-14-4)18-12(15-10)17-7-6-16(5)13(2,3)9-17/h14H,6-9H2,1-5H3. The molecule has 0 aromatic carbocycles. The first-order chi connectivity index (χ1) is 8.44. The minimum atomic E-state index is 0.223. The van der Waals surface area contributed by atoms with Crippen molar-refractivity contribution in [3.05, 3.63) is 10.6 Å². The number of piperazine rings is 1. The Kier molecular flexibility index (Phi) is 3.94. The van der Waals surface area contributed by atoms with Crippen molar-refractivity contribution in [1.82, 2.24) is 15.2 Å². The Morgan fingerprint density at radius 2 is 2.11 bits per heavy atom. The van der Waals surface area contributed by atoms with Crippen molar-refractivity contribution >= 4 is 16.5 Å². The van der Waals surface area contributed by atoms with Crippen molar-refractivity contribution in [3.8, 4) is 0 Å². The average molecular weight is 268 g/mol. The first-order valence-corrected chi connectivity index (χ1v) is 7.33. The van der Waals surface area contributed by atoms with Gasteiger partial charge in [-0.1, -0.05) is 0 Å². The van der Waals surface area contributed by atoms with Gasteiger partial charge in [0.2, 0.25) is 0 Å². The second-order valence-electron chi connectivity index (χ2n) is 5.69. The number of rotatable bonds is 3. The monoisotopic (exact) mass is 268 g/mol. The van der Waals surface area contributed by atoms with Crippen molar-refractivity contribution in [3.63, 3.8) is 0 Å². The second kappa shape index (κ2) is 5.15. The van der Waals surface area contributed by atoms with Crippen LogP contribution in [-0.4, -0.2) is 49.2 Å². The number of aromatic nitrogens is 1. The van der Waals surface area contributed by atoms with E-state index in [1.807, 2.05) is 18.4 Å². The number of thiazole rings is 1. The summed E-state index contributed by atoms with van der Waals surface area (Å²) in [4.78, 5) is 10.9. The zero-order chi connectivity index (χ0) is 13.3. The number of nitrogens with zero attached hydrogens (tertiary/aromatic N) is 3. The molecule has 1 aromatic rings. The van der Waals surface area contributed by atoms with Crippen molar-refractivity contribution < 1.29 is 0 Å². The van der Waals surface area contributed by atoms with E-state index in [4.69, 9.17) is 4.98 Å². The fourth-order valence-electron chi connectivity index (χ4n) is 2.28. The predicted octanol–water partition coefficient (Wildman–Crippen LogP) is 1.70. The third-order valence-corrected chi connectivity index (χ3v) is 5.02. The fraction of sp³-hybridized carbons (Fsp3) is 0.769. The Balaban J connectivity index is 2.15. The first kappa shape index (κ1) is 13.8. The van der Waals surface area contributed by atoms with Crippen LogP contribution < -0.4 is 10.2 Å². The summed E-state index contributed by atoms with van der Waals surface area (Å²) in [6, 6.07) is 0. The summed E-state index contributed by atoms with van der Waals surface area (Å²) in [5.74, 6) is 0. The minimum absolute atomic E-state index is 0.223. The summed E-state index contributed by atoms with van der Waals surface area (Å²) in [6.45, 7) is 10.9. The molecule has 0 unspecified atom stereocenters. The average Bonchev–Trinajstić information content (AvgIpc) is 2.65. The molecule has 1 aliphatic heterocycles. The summed E-state index contributed by atoms with van der Waals surface area (Å²) in [6.07, 6.45) is 0. The van der Waals surface area contributed by atoms with Gasteiger partial charge < -0.3 is 10.2 Å². The van der Waals surface area contributed by atoms with Gasteiger partial charge in [0.05, 0.1) is 5.69 Å². The smallest absolute Gasteiger partial charge is 0.185 e. The Morgan fingerprint density at radius 3 is 2.72 bits per heavy atom. The highest BCUT2D eigenvalue weighted by molar-refractivity contribution is 7.15. The van der Waals surface area contributed by atoms with Crippen LogP contribution in [0.3, 0.4) is 0 Å². The highest BCUT2D eigenvalue weighted by atomic mass is 32.1. The molecule has 2 heterocycles.